The molecule has 17 heavy (non-hydrogen) atoms. The number of aromatic carboxylic acids is 1. The number of ether oxygens (including phenoxy) is 1. The average Bonchev–Trinajstić information content (AvgIpc) is 2.30. The molecule has 4 nitrogen and oxygen atoms in total. The molecule has 0 spiro atoms. The third kappa shape index (κ3) is 4.91. The van der Waals surface area contributed by atoms with Gasteiger partial charge in [-0.05, 0) is 60.1 Å². The van der Waals surface area contributed by atoms with Crippen molar-refractivity contribution < 1.29 is 19.7 Å². The number of unbranched alkanes of at least 4 members (excludes halogenated alkanes) is 2. The first-order chi connectivity index (χ1) is 8.15. The van der Waals surface area contributed by atoms with Crippen LogP contribution in [0.25, 0.3) is 0 Å². The zero-order chi connectivity index (χ0) is 12.7. The van der Waals surface area contributed by atoms with E-state index in [1.165, 1.54) is 6.07 Å². The van der Waals surface area contributed by atoms with Crippen LogP contribution < -0.4 is 4.74 Å². The van der Waals surface area contributed by atoms with Crippen molar-refractivity contribution in [1.29, 1.82) is 0 Å². The highest BCUT2D eigenvalue weighted by atomic mass is 127. The van der Waals surface area contributed by atoms with E-state index in [1.807, 2.05) is 0 Å². The van der Waals surface area contributed by atoms with E-state index in [-0.39, 0.29) is 12.2 Å². The number of hydrogen-bond acceptors (Lipinski definition) is 3. The summed E-state index contributed by atoms with van der Waals surface area (Å²) in [5.74, 6) is -0.346. The fourth-order valence-electron chi connectivity index (χ4n) is 1.32. The number of carboxylic acids is 1. The van der Waals surface area contributed by atoms with Gasteiger partial charge in [0, 0.05) is 6.61 Å². The number of aliphatic hydroxyl groups excluding tert-OH is 1. The van der Waals surface area contributed by atoms with E-state index in [9.17, 15) is 4.79 Å². The third-order valence-corrected chi connectivity index (χ3v) is 3.13. The van der Waals surface area contributed by atoms with E-state index in [4.69, 9.17) is 14.9 Å². The Kier molecular flexibility index (Phi) is 6.28. The molecule has 0 aromatic heterocycles. The van der Waals surface area contributed by atoms with Gasteiger partial charge in [-0.3, -0.25) is 0 Å². The first-order valence-corrected chi connectivity index (χ1v) is 6.49. The van der Waals surface area contributed by atoms with Crippen molar-refractivity contribution in [2.75, 3.05) is 13.2 Å². The molecular formula is C12H15IO4. The second-order valence-corrected chi connectivity index (χ2v) is 4.75. The molecule has 0 radical (unpaired) electrons. The van der Waals surface area contributed by atoms with Crippen LogP contribution in [0.4, 0.5) is 0 Å². The van der Waals surface area contributed by atoms with Crippen molar-refractivity contribution in [3.8, 4) is 5.75 Å². The van der Waals surface area contributed by atoms with Gasteiger partial charge >= 0.3 is 5.97 Å². The Morgan fingerprint density at radius 2 is 2.06 bits per heavy atom. The molecular weight excluding hydrogens is 335 g/mol. The minimum Gasteiger partial charge on any atom is -0.492 e. The molecule has 0 fully saturated rings. The fraction of sp³-hybridized carbons (Fsp3) is 0.417. The van der Waals surface area contributed by atoms with Crippen LogP contribution in [0.3, 0.4) is 0 Å². The van der Waals surface area contributed by atoms with Gasteiger partial charge in [0.1, 0.15) is 5.75 Å². The summed E-state index contributed by atoms with van der Waals surface area (Å²) in [6.07, 6.45) is 2.54. The third-order valence-electron chi connectivity index (χ3n) is 2.24. The van der Waals surface area contributed by atoms with E-state index in [1.54, 1.807) is 12.1 Å². The molecule has 1 aromatic rings. The van der Waals surface area contributed by atoms with Gasteiger partial charge in [-0.15, -0.1) is 0 Å². The van der Waals surface area contributed by atoms with E-state index in [0.29, 0.717) is 12.4 Å². The Morgan fingerprint density at radius 3 is 2.71 bits per heavy atom. The zero-order valence-electron chi connectivity index (χ0n) is 9.36. The molecule has 0 saturated carbocycles. The minimum atomic E-state index is -0.952. The largest absolute Gasteiger partial charge is 0.492 e. The maximum absolute atomic E-state index is 10.8. The molecule has 0 atom stereocenters. The summed E-state index contributed by atoms with van der Waals surface area (Å²) in [7, 11) is 0. The number of rotatable bonds is 7. The van der Waals surface area contributed by atoms with Gasteiger partial charge in [0.15, 0.2) is 0 Å². The molecule has 0 aliphatic carbocycles. The van der Waals surface area contributed by atoms with Crippen molar-refractivity contribution in [2.45, 2.75) is 19.3 Å². The number of benzene rings is 1. The summed E-state index contributed by atoms with van der Waals surface area (Å²) in [6.45, 7) is 0.741. The summed E-state index contributed by atoms with van der Waals surface area (Å²) in [5, 5.41) is 17.5. The van der Waals surface area contributed by atoms with Crippen LogP contribution in [0.2, 0.25) is 0 Å². The predicted molar refractivity (Wildman–Crippen MR) is 72.6 cm³/mol. The summed E-state index contributed by atoms with van der Waals surface area (Å²) in [6, 6.07) is 4.83. The summed E-state index contributed by atoms with van der Waals surface area (Å²) in [5.41, 5.74) is 0.232. The predicted octanol–water partition coefficient (Wildman–Crippen LogP) is 2.53. The van der Waals surface area contributed by atoms with Crippen molar-refractivity contribution in [3.63, 3.8) is 0 Å². The lowest BCUT2D eigenvalue weighted by Gasteiger charge is -2.08. The molecule has 1 rings (SSSR count). The summed E-state index contributed by atoms with van der Waals surface area (Å²) >= 11 is 2.11. The Bertz CT molecular complexity index is 379. The molecule has 0 bridgehead atoms. The number of carbonyl (C=O) groups is 1. The first-order valence-electron chi connectivity index (χ1n) is 5.41. The summed E-state index contributed by atoms with van der Waals surface area (Å²) < 4.78 is 6.42. The van der Waals surface area contributed by atoms with Crippen LogP contribution in [0.15, 0.2) is 18.2 Å². The standard InChI is InChI=1S/C12H15IO4/c13-10-5-4-9(12(15)16)8-11(10)17-7-3-1-2-6-14/h4-5,8,14H,1-3,6-7H2,(H,15,16). The van der Waals surface area contributed by atoms with Gasteiger partial charge in [-0.25, -0.2) is 4.79 Å². The highest BCUT2D eigenvalue weighted by Gasteiger charge is 2.07. The molecule has 0 saturated heterocycles. The number of carboxylic acid groups (broad SMARTS) is 1. The lowest BCUT2D eigenvalue weighted by atomic mass is 10.2. The van der Waals surface area contributed by atoms with Crippen molar-refractivity contribution in [1.82, 2.24) is 0 Å². The molecule has 94 valence electrons. The first kappa shape index (κ1) is 14.2. The monoisotopic (exact) mass is 350 g/mol. The maximum Gasteiger partial charge on any atom is 0.335 e. The Labute approximate surface area is 114 Å². The fourth-order valence-corrected chi connectivity index (χ4v) is 1.81. The van der Waals surface area contributed by atoms with E-state index in [2.05, 4.69) is 22.6 Å². The summed E-state index contributed by atoms with van der Waals surface area (Å²) in [4.78, 5) is 10.8. The number of aliphatic hydroxyl groups is 1. The highest BCUT2D eigenvalue weighted by Crippen LogP contribution is 2.22. The van der Waals surface area contributed by atoms with E-state index in [0.717, 1.165) is 22.8 Å². The van der Waals surface area contributed by atoms with Crippen molar-refractivity contribution in [2.24, 2.45) is 0 Å². The van der Waals surface area contributed by atoms with Crippen LogP contribution in [0.5, 0.6) is 5.75 Å². The molecule has 0 aliphatic rings. The Balaban J connectivity index is 2.51. The van der Waals surface area contributed by atoms with Gasteiger partial charge in [0.2, 0.25) is 0 Å². The SMILES string of the molecule is O=C(O)c1ccc(I)c(OCCCCCO)c1. The molecule has 0 amide bonds. The molecule has 0 heterocycles. The van der Waals surface area contributed by atoms with E-state index >= 15 is 0 Å². The highest BCUT2D eigenvalue weighted by molar-refractivity contribution is 14.1. The second kappa shape index (κ2) is 7.50. The van der Waals surface area contributed by atoms with Gasteiger partial charge < -0.3 is 14.9 Å². The van der Waals surface area contributed by atoms with Gasteiger partial charge in [0.05, 0.1) is 15.7 Å². The molecule has 0 unspecified atom stereocenters. The molecule has 5 heteroatoms. The van der Waals surface area contributed by atoms with Gasteiger partial charge in [0.25, 0.3) is 0 Å². The minimum absolute atomic E-state index is 0.200. The topological polar surface area (TPSA) is 66.8 Å². The maximum atomic E-state index is 10.8. The lowest BCUT2D eigenvalue weighted by molar-refractivity contribution is 0.0696. The quantitative estimate of drug-likeness (QED) is 0.586. The van der Waals surface area contributed by atoms with Crippen LogP contribution in [0.1, 0.15) is 29.6 Å². The van der Waals surface area contributed by atoms with Gasteiger partial charge in [-0.2, -0.15) is 0 Å². The van der Waals surface area contributed by atoms with Crippen LogP contribution in [0, 0.1) is 3.57 Å². The zero-order valence-corrected chi connectivity index (χ0v) is 11.5. The van der Waals surface area contributed by atoms with Crippen molar-refractivity contribution >= 4 is 28.6 Å². The molecule has 1 aromatic carbocycles. The average molecular weight is 350 g/mol. The van der Waals surface area contributed by atoms with Crippen LogP contribution >= 0.6 is 22.6 Å². The lowest BCUT2D eigenvalue weighted by Crippen LogP contribution is -2.02. The number of hydrogen-bond donors (Lipinski definition) is 2. The normalized spacial score (nSPS) is 10.2. The van der Waals surface area contributed by atoms with Crippen molar-refractivity contribution in [3.05, 3.63) is 27.3 Å². The Morgan fingerprint density at radius 1 is 1.29 bits per heavy atom. The van der Waals surface area contributed by atoms with Crippen LogP contribution in [-0.2, 0) is 0 Å². The smallest absolute Gasteiger partial charge is 0.335 e. The molecule has 2 N–H and O–H groups in total. The second-order valence-electron chi connectivity index (χ2n) is 3.58. The van der Waals surface area contributed by atoms with Gasteiger partial charge in [-0.1, -0.05) is 0 Å². The van der Waals surface area contributed by atoms with E-state index < -0.39 is 5.97 Å². The Hall–Kier alpha value is -0.820. The number of halogens is 1. The van der Waals surface area contributed by atoms with Crippen LogP contribution in [-0.4, -0.2) is 29.4 Å². The molecule has 0 aliphatic heterocycles.